The van der Waals surface area contributed by atoms with E-state index in [2.05, 4.69) is 10.6 Å². The zero-order valence-electron chi connectivity index (χ0n) is 9.39. The predicted molar refractivity (Wildman–Crippen MR) is 55.1 cm³/mol. The van der Waals surface area contributed by atoms with Crippen molar-refractivity contribution in [3.05, 3.63) is 0 Å². The van der Waals surface area contributed by atoms with Crippen LogP contribution in [0.2, 0.25) is 0 Å². The molecule has 0 radical (unpaired) electrons. The van der Waals surface area contributed by atoms with E-state index in [9.17, 15) is 4.79 Å². The van der Waals surface area contributed by atoms with Crippen molar-refractivity contribution >= 4 is 5.91 Å². The molecule has 1 aliphatic rings. The standard InChI is InChI=1S/C10H20N2O2/c1-7(11-4)9(13)12-8-5-10(2,3)14-6-8/h7-8,11H,5-6H2,1-4H3,(H,12,13)/t7-,8?/m0/s1. The van der Waals surface area contributed by atoms with Crippen molar-refractivity contribution in [2.45, 2.75) is 44.9 Å². The Morgan fingerprint density at radius 3 is 2.64 bits per heavy atom. The highest BCUT2D eigenvalue weighted by Gasteiger charge is 2.33. The van der Waals surface area contributed by atoms with Crippen LogP contribution in [0.15, 0.2) is 0 Å². The molecule has 1 aliphatic heterocycles. The second kappa shape index (κ2) is 4.28. The number of ether oxygens (including phenoxy) is 1. The molecule has 1 rings (SSSR count). The highest BCUT2D eigenvalue weighted by molar-refractivity contribution is 5.81. The third kappa shape index (κ3) is 2.96. The summed E-state index contributed by atoms with van der Waals surface area (Å²) in [4.78, 5) is 11.5. The lowest BCUT2D eigenvalue weighted by atomic mass is 10.0. The van der Waals surface area contributed by atoms with Gasteiger partial charge in [-0.15, -0.1) is 0 Å². The molecule has 1 saturated heterocycles. The minimum Gasteiger partial charge on any atom is -0.373 e. The first-order valence-electron chi connectivity index (χ1n) is 5.06. The number of hydrogen-bond acceptors (Lipinski definition) is 3. The van der Waals surface area contributed by atoms with Gasteiger partial charge in [-0.2, -0.15) is 0 Å². The molecule has 0 aromatic carbocycles. The van der Waals surface area contributed by atoms with Crippen LogP contribution in [-0.4, -0.2) is 37.2 Å². The number of amides is 1. The molecule has 0 aromatic rings. The first kappa shape index (κ1) is 11.5. The lowest BCUT2D eigenvalue weighted by Gasteiger charge is -2.17. The Labute approximate surface area is 85.4 Å². The van der Waals surface area contributed by atoms with E-state index >= 15 is 0 Å². The largest absolute Gasteiger partial charge is 0.373 e. The zero-order valence-corrected chi connectivity index (χ0v) is 9.39. The topological polar surface area (TPSA) is 50.4 Å². The van der Waals surface area contributed by atoms with Gasteiger partial charge in [0.2, 0.25) is 5.91 Å². The molecule has 1 fully saturated rings. The molecule has 0 saturated carbocycles. The van der Waals surface area contributed by atoms with Gasteiger partial charge >= 0.3 is 0 Å². The fourth-order valence-corrected chi connectivity index (χ4v) is 1.59. The van der Waals surface area contributed by atoms with Crippen molar-refractivity contribution in [3.8, 4) is 0 Å². The monoisotopic (exact) mass is 200 g/mol. The zero-order chi connectivity index (χ0) is 10.8. The molecule has 1 heterocycles. The summed E-state index contributed by atoms with van der Waals surface area (Å²) in [5, 5.41) is 5.87. The third-order valence-corrected chi connectivity index (χ3v) is 2.59. The second-order valence-corrected chi connectivity index (χ2v) is 4.49. The molecule has 1 amide bonds. The van der Waals surface area contributed by atoms with Crippen molar-refractivity contribution in [2.24, 2.45) is 0 Å². The van der Waals surface area contributed by atoms with Crippen LogP contribution in [0.5, 0.6) is 0 Å². The maximum Gasteiger partial charge on any atom is 0.237 e. The molecule has 2 N–H and O–H groups in total. The Kier molecular flexibility index (Phi) is 3.50. The number of hydrogen-bond donors (Lipinski definition) is 2. The number of likely N-dealkylation sites (N-methyl/N-ethyl adjacent to an activating group) is 1. The van der Waals surface area contributed by atoms with Crippen molar-refractivity contribution in [1.29, 1.82) is 0 Å². The summed E-state index contributed by atoms with van der Waals surface area (Å²) >= 11 is 0. The highest BCUT2D eigenvalue weighted by Crippen LogP contribution is 2.24. The SMILES string of the molecule is CN[C@@H](C)C(=O)NC1COC(C)(C)C1. The first-order chi connectivity index (χ1) is 6.44. The number of carbonyl (C=O) groups excluding carboxylic acids is 1. The van der Waals surface area contributed by atoms with Gasteiger partial charge in [-0.05, 0) is 34.2 Å². The van der Waals surface area contributed by atoms with Gasteiger partial charge in [0.15, 0.2) is 0 Å². The molecule has 0 aromatic heterocycles. The summed E-state index contributed by atoms with van der Waals surface area (Å²) < 4.78 is 5.53. The van der Waals surface area contributed by atoms with E-state index < -0.39 is 0 Å². The molecule has 0 bridgehead atoms. The lowest BCUT2D eigenvalue weighted by Crippen LogP contribution is -2.45. The van der Waals surface area contributed by atoms with Crippen LogP contribution in [-0.2, 0) is 9.53 Å². The van der Waals surface area contributed by atoms with Crippen LogP contribution < -0.4 is 10.6 Å². The molecule has 4 heteroatoms. The summed E-state index contributed by atoms with van der Waals surface area (Å²) in [6, 6.07) is 0.0204. The van der Waals surface area contributed by atoms with Gasteiger partial charge in [0.1, 0.15) is 0 Å². The van der Waals surface area contributed by atoms with Crippen molar-refractivity contribution in [1.82, 2.24) is 10.6 Å². The Morgan fingerprint density at radius 1 is 1.57 bits per heavy atom. The lowest BCUT2D eigenvalue weighted by molar-refractivity contribution is -0.123. The minimum absolute atomic E-state index is 0.0406. The Hall–Kier alpha value is -0.610. The van der Waals surface area contributed by atoms with Gasteiger partial charge in [0.25, 0.3) is 0 Å². The van der Waals surface area contributed by atoms with Crippen LogP contribution >= 0.6 is 0 Å². The highest BCUT2D eigenvalue weighted by atomic mass is 16.5. The summed E-state index contributed by atoms with van der Waals surface area (Å²) in [5.74, 6) is 0.0406. The maximum atomic E-state index is 11.5. The molecule has 0 spiro atoms. The van der Waals surface area contributed by atoms with Crippen LogP contribution in [0.1, 0.15) is 27.2 Å². The quantitative estimate of drug-likeness (QED) is 0.688. The van der Waals surface area contributed by atoms with E-state index in [-0.39, 0.29) is 23.6 Å². The van der Waals surface area contributed by atoms with Gasteiger partial charge in [-0.3, -0.25) is 4.79 Å². The maximum absolute atomic E-state index is 11.5. The molecule has 0 aliphatic carbocycles. The van der Waals surface area contributed by atoms with Gasteiger partial charge in [0.05, 0.1) is 24.3 Å². The fraction of sp³-hybridized carbons (Fsp3) is 0.900. The van der Waals surface area contributed by atoms with Gasteiger partial charge in [0, 0.05) is 0 Å². The van der Waals surface area contributed by atoms with Crippen LogP contribution in [0.25, 0.3) is 0 Å². The van der Waals surface area contributed by atoms with E-state index in [0.29, 0.717) is 6.61 Å². The van der Waals surface area contributed by atoms with E-state index in [1.54, 1.807) is 7.05 Å². The fourth-order valence-electron chi connectivity index (χ4n) is 1.59. The summed E-state index contributed by atoms with van der Waals surface area (Å²) in [6.45, 7) is 6.55. The first-order valence-corrected chi connectivity index (χ1v) is 5.06. The summed E-state index contributed by atoms with van der Waals surface area (Å²) in [5.41, 5.74) is -0.0964. The molecular weight excluding hydrogens is 180 g/mol. The summed E-state index contributed by atoms with van der Waals surface area (Å²) in [6.07, 6.45) is 0.884. The van der Waals surface area contributed by atoms with Crippen molar-refractivity contribution in [2.75, 3.05) is 13.7 Å². The van der Waals surface area contributed by atoms with E-state index in [4.69, 9.17) is 4.74 Å². The van der Waals surface area contributed by atoms with E-state index in [1.807, 2.05) is 20.8 Å². The van der Waals surface area contributed by atoms with E-state index in [1.165, 1.54) is 0 Å². The number of rotatable bonds is 3. The van der Waals surface area contributed by atoms with Gasteiger partial charge < -0.3 is 15.4 Å². The van der Waals surface area contributed by atoms with Crippen LogP contribution in [0, 0.1) is 0 Å². The second-order valence-electron chi connectivity index (χ2n) is 4.49. The van der Waals surface area contributed by atoms with Gasteiger partial charge in [-0.1, -0.05) is 0 Å². The van der Waals surface area contributed by atoms with Gasteiger partial charge in [-0.25, -0.2) is 0 Å². The molecular formula is C10H20N2O2. The minimum atomic E-state index is -0.140. The van der Waals surface area contributed by atoms with E-state index in [0.717, 1.165) is 6.42 Å². The van der Waals surface area contributed by atoms with Crippen molar-refractivity contribution < 1.29 is 9.53 Å². The normalized spacial score (nSPS) is 27.3. The average molecular weight is 200 g/mol. The molecule has 1 unspecified atom stereocenters. The average Bonchev–Trinajstić information content (AvgIpc) is 2.44. The molecule has 82 valence electrons. The third-order valence-electron chi connectivity index (χ3n) is 2.59. The molecule has 2 atom stereocenters. The Bertz CT molecular complexity index is 216. The van der Waals surface area contributed by atoms with Crippen molar-refractivity contribution in [3.63, 3.8) is 0 Å². The Balaban J connectivity index is 2.36. The van der Waals surface area contributed by atoms with Crippen LogP contribution in [0.4, 0.5) is 0 Å². The smallest absolute Gasteiger partial charge is 0.237 e. The van der Waals surface area contributed by atoms with Crippen LogP contribution in [0.3, 0.4) is 0 Å². The molecule has 14 heavy (non-hydrogen) atoms. The Morgan fingerprint density at radius 2 is 2.21 bits per heavy atom. The summed E-state index contributed by atoms with van der Waals surface area (Å²) in [7, 11) is 1.78. The number of carbonyl (C=O) groups is 1. The predicted octanol–water partition coefficient (Wildman–Crippen LogP) is 0.278. The number of nitrogens with one attached hydrogen (secondary N) is 2. The molecule has 4 nitrogen and oxygen atoms in total.